The maximum atomic E-state index is 12.4. The van der Waals surface area contributed by atoms with Gasteiger partial charge in [0.15, 0.2) is 11.5 Å². The highest BCUT2D eigenvalue weighted by Crippen LogP contribution is 2.30. The molecular formula is C23H25N3O4. The van der Waals surface area contributed by atoms with E-state index in [1.807, 2.05) is 44.2 Å². The van der Waals surface area contributed by atoms with Gasteiger partial charge in [0.2, 0.25) is 5.91 Å². The second-order valence-electron chi connectivity index (χ2n) is 6.89. The van der Waals surface area contributed by atoms with Gasteiger partial charge in [0.25, 0.3) is 0 Å². The summed E-state index contributed by atoms with van der Waals surface area (Å²) in [7, 11) is 3.34. The maximum absolute atomic E-state index is 12.4. The van der Waals surface area contributed by atoms with Crippen molar-refractivity contribution in [1.82, 2.24) is 15.0 Å². The number of likely N-dealkylation sites (N-methyl/N-ethyl adjacent to an activating group) is 1. The summed E-state index contributed by atoms with van der Waals surface area (Å²) in [6, 6.07) is 9.31. The van der Waals surface area contributed by atoms with Crippen LogP contribution < -0.4 is 9.47 Å². The van der Waals surface area contributed by atoms with Crippen LogP contribution in [0.4, 0.5) is 0 Å². The Hall–Kier alpha value is -3.61. The molecule has 3 rings (SSSR count). The zero-order valence-electron chi connectivity index (χ0n) is 17.6. The molecule has 0 aliphatic rings. The minimum Gasteiger partial charge on any atom is -0.493 e. The second-order valence-corrected chi connectivity index (χ2v) is 6.89. The molecule has 0 saturated heterocycles. The standard InChI is InChI=1S/C23H25N3O4/c1-16-20(17(2)30-25-16)15-29-21-9-7-18(12-22(21)28-4)8-10-23(27)26(3)14-19-6-5-11-24-13-19/h5-13H,14-15H2,1-4H3. The smallest absolute Gasteiger partial charge is 0.246 e. The number of nitrogens with zero attached hydrogens (tertiary/aromatic N) is 3. The van der Waals surface area contributed by atoms with Crippen LogP contribution in [-0.2, 0) is 17.9 Å². The van der Waals surface area contributed by atoms with Crippen molar-refractivity contribution in [2.75, 3.05) is 14.2 Å². The summed E-state index contributed by atoms with van der Waals surface area (Å²) in [6.07, 6.45) is 6.75. The van der Waals surface area contributed by atoms with E-state index in [1.165, 1.54) is 6.08 Å². The van der Waals surface area contributed by atoms with Gasteiger partial charge in [-0.1, -0.05) is 17.3 Å². The molecule has 2 heterocycles. The van der Waals surface area contributed by atoms with E-state index in [-0.39, 0.29) is 5.91 Å². The van der Waals surface area contributed by atoms with Crippen LogP contribution in [0.2, 0.25) is 0 Å². The Labute approximate surface area is 175 Å². The summed E-state index contributed by atoms with van der Waals surface area (Å²) in [5.41, 5.74) is 3.53. The van der Waals surface area contributed by atoms with Gasteiger partial charge >= 0.3 is 0 Å². The van der Waals surface area contributed by atoms with Crippen molar-refractivity contribution in [3.8, 4) is 11.5 Å². The van der Waals surface area contributed by atoms with Crippen molar-refractivity contribution in [2.45, 2.75) is 27.0 Å². The van der Waals surface area contributed by atoms with Crippen LogP contribution >= 0.6 is 0 Å². The highest BCUT2D eigenvalue weighted by atomic mass is 16.5. The lowest BCUT2D eigenvalue weighted by Gasteiger charge is -2.15. The van der Waals surface area contributed by atoms with E-state index >= 15 is 0 Å². The third kappa shape index (κ3) is 5.26. The number of carbonyl (C=O) groups excluding carboxylic acids is 1. The Bertz CT molecular complexity index is 1010. The molecule has 7 nitrogen and oxygen atoms in total. The zero-order chi connectivity index (χ0) is 21.5. The molecule has 1 amide bonds. The Morgan fingerprint density at radius 1 is 1.23 bits per heavy atom. The SMILES string of the molecule is COc1cc(C=CC(=O)N(C)Cc2cccnc2)ccc1OCc1c(C)noc1C. The van der Waals surface area contributed by atoms with E-state index in [9.17, 15) is 4.79 Å². The highest BCUT2D eigenvalue weighted by Gasteiger charge is 2.12. The Balaban J connectivity index is 1.64. The molecule has 0 bridgehead atoms. The van der Waals surface area contributed by atoms with E-state index in [0.717, 1.165) is 28.1 Å². The average molecular weight is 407 g/mol. The lowest BCUT2D eigenvalue weighted by molar-refractivity contribution is -0.125. The molecule has 7 heteroatoms. The van der Waals surface area contributed by atoms with Crippen LogP contribution in [0.25, 0.3) is 6.08 Å². The summed E-state index contributed by atoms with van der Waals surface area (Å²) in [5.74, 6) is 1.83. The number of hydrogen-bond acceptors (Lipinski definition) is 6. The number of benzene rings is 1. The molecule has 0 aliphatic heterocycles. The van der Waals surface area contributed by atoms with Gasteiger partial charge in [-0.2, -0.15) is 0 Å². The van der Waals surface area contributed by atoms with Crippen molar-refractivity contribution >= 4 is 12.0 Å². The largest absolute Gasteiger partial charge is 0.493 e. The molecule has 0 saturated carbocycles. The van der Waals surface area contributed by atoms with Crippen LogP contribution in [0.15, 0.2) is 53.3 Å². The van der Waals surface area contributed by atoms with Crippen molar-refractivity contribution in [2.24, 2.45) is 0 Å². The number of hydrogen-bond donors (Lipinski definition) is 0. The molecule has 0 radical (unpaired) electrons. The Morgan fingerprint density at radius 2 is 2.07 bits per heavy atom. The fourth-order valence-electron chi connectivity index (χ4n) is 2.90. The van der Waals surface area contributed by atoms with Crippen molar-refractivity contribution in [3.05, 3.63) is 76.9 Å². The first-order valence-electron chi connectivity index (χ1n) is 9.52. The molecule has 0 atom stereocenters. The topological polar surface area (TPSA) is 77.7 Å². The third-order valence-electron chi connectivity index (χ3n) is 4.68. The van der Waals surface area contributed by atoms with Crippen LogP contribution in [-0.4, -0.2) is 35.1 Å². The molecule has 2 aromatic heterocycles. The van der Waals surface area contributed by atoms with Crippen LogP contribution in [0.5, 0.6) is 11.5 Å². The molecule has 0 aliphatic carbocycles. The van der Waals surface area contributed by atoms with Gasteiger partial charge in [0.1, 0.15) is 12.4 Å². The Kier molecular flexibility index (Phi) is 6.85. The summed E-state index contributed by atoms with van der Waals surface area (Å²) in [6.45, 7) is 4.56. The third-order valence-corrected chi connectivity index (χ3v) is 4.68. The quantitative estimate of drug-likeness (QED) is 0.526. The molecule has 156 valence electrons. The fraction of sp³-hybridized carbons (Fsp3) is 0.261. The number of pyridine rings is 1. The lowest BCUT2D eigenvalue weighted by atomic mass is 10.1. The second kappa shape index (κ2) is 9.73. The fourth-order valence-corrected chi connectivity index (χ4v) is 2.90. The monoisotopic (exact) mass is 407 g/mol. The summed E-state index contributed by atoms with van der Waals surface area (Å²) in [5, 5.41) is 3.93. The van der Waals surface area contributed by atoms with E-state index in [4.69, 9.17) is 14.0 Å². The van der Waals surface area contributed by atoms with Gasteiger partial charge < -0.3 is 18.9 Å². The van der Waals surface area contributed by atoms with Crippen LogP contribution in [0, 0.1) is 13.8 Å². The first-order chi connectivity index (χ1) is 14.5. The molecule has 0 unspecified atom stereocenters. The van der Waals surface area contributed by atoms with Gasteiger partial charge in [0, 0.05) is 32.1 Å². The summed E-state index contributed by atoms with van der Waals surface area (Å²) in [4.78, 5) is 18.1. The maximum Gasteiger partial charge on any atom is 0.246 e. The molecule has 0 spiro atoms. The van der Waals surface area contributed by atoms with Crippen LogP contribution in [0.1, 0.15) is 28.1 Å². The molecular weight excluding hydrogens is 382 g/mol. The molecule has 3 aromatic rings. The van der Waals surface area contributed by atoms with E-state index < -0.39 is 0 Å². The summed E-state index contributed by atoms with van der Waals surface area (Å²) < 4.78 is 16.5. The lowest BCUT2D eigenvalue weighted by Crippen LogP contribution is -2.24. The molecule has 30 heavy (non-hydrogen) atoms. The predicted molar refractivity (Wildman–Crippen MR) is 113 cm³/mol. The van der Waals surface area contributed by atoms with Gasteiger partial charge in [-0.3, -0.25) is 9.78 Å². The number of ether oxygens (including phenoxy) is 2. The zero-order valence-corrected chi connectivity index (χ0v) is 17.6. The van der Waals surface area contributed by atoms with E-state index in [2.05, 4.69) is 10.1 Å². The van der Waals surface area contributed by atoms with Gasteiger partial charge in [-0.05, 0) is 49.2 Å². The van der Waals surface area contributed by atoms with Crippen molar-refractivity contribution in [3.63, 3.8) is 0 Å². The average Bonchev–Trinajstić information content (AvgIpc) is 3.08. The minimum atomic E-state index is -0.100. The highest BCUT2D eigenvalue weighted by molar-refractivity contribution is 5.91. The minimum absolute atomic E-state index is 0.100. The number of aromatic nitrogens is 2. The van der Waals surface area contributed by atoms with Gasteiger partial charge in [-0.15, -0.1) is 0 Å². The molecule has 1 aromatic carbocycles. The molecule has 0 fully saturated rings. The Morgan fingerprint density at radius 3 is 2.73 bits per heavy atom. The van der Waals surface area contributed by atoms with E-state index in [1.54, 1.807) is 37.5 Å². The van der Waals surface area contributed by atoms with Crippen LogP contribution in [0.3, 0.4) is 0 Å². The number of carbonyl (C=O) groups is 1. The number of rotatable bonds is 8. The number of methoxy groups -OCH3 is 1. The molecule has 0 N–H and O–H groups in total. The van der Waals surface area contributed by atoms with Crippen molar-refractivity contribution < 1.29 is 18.8 Å². The number of amides is 1. The van der Waals surface area contributed by atoms with Crippen molar-refractivity contribution in [1.29, 1.82) is 0 Å². The van der Waals surface area contributed by atoms with Gasteiger partial charge in [-0.25, -0.2) is 0 Å². The predicted octanol–water partition coefficient (Wildman–Crippen LogP) is 3.95. The first-order valence-corrected chi connectivity index (χ1v) is 9.52. The number of aryl methyl sites for hydroxylation is 2. The summed E-state index contributed by atoms with van der Waals surface area (Å²) >= 11 is 0. The first kappa shape index (κ1) is 21.1. The van der Waals surface area contributed by atoms with Gasteiger partial charge in [0.05, 0.1) is 18.4 Å². The normalized spacial score (nSPS) is 10.9. The van der Waals surface area contributed by atoms with E-state index in [0.29, 0.717) is 24.7 Å².